The summed E-state index contributed by atoms with van der Waals surface area (Å²) in [6.45, 7) is 12.4. The van der Waals surface area contributed by atoms with Gasteiger partial charge in [-0.05, 0) is 86.3 Å². The number of amides is 5. The molecule has 1 unspecified atom stereocenters. The van der Waals surface area contributed by atoms with Crippen LogP contribution in [0.2, 0.25) is 5.02 Å². The summed E-state index contributed by atoms with van der Waals surface area (Å²) in [6.07, 6.45) is -6.63. The second-order valence-electron chi connectivity index (χ2n) is 21.6. The Labute approximate surface area is 460 Å². The number of cyclic esters (lactones) is 2. The monoisotopic (exact) mass is 1110 g/mol. The molecule has 2 aromatic carbocycles. The molecule has 5 rings (SSSR count). The average Bonchev–Trinajstić information content (AvgIpc) is 4.23. The molecule has 432 valence electrons. The van der Waals surface area contributed by atoms with Crippen LogP contribution >= 0.6 is 11.6 Å². The summed E-state index contributed by atoms with van der Waals surface area (Å²) >= 11 is 6.38. The normalized spacial score (nSPS) is 27.5. The average molecular weight is 1120 g/mol. The Morgan fingerprint density at radius 3 is 2.22 bits per heavy atom. The number of aliphatic hydroxyl groups excluding tert-OH is 3. The van der Waals surface area contributed by atoms with Crippen molar-refractivity contribution < 1.29 is 77.3 Å². The molecule has 0 aliphatic carbocycles. The van der Waals surface area contributed by atoms with Gasteiger partial charge in [-0.2, -0.15) is 0 Å². The molecular formula is C55H79ClN6O16. The van der Waals surface area contributed by atoms with Crippen LogP contribution in [0.3, 0.4) is 0 Å². The van der Waals surface area contributed by atoms with Crippen molar-refractivity contribution in [2.75, 3.05) is 27.3 Å². The highest BCUT2D eigenvalue weighted by Crippen LogP contribution is 2.45. The van der Waals surface area contributed by atoms with Crippen molar-refractivity contribution in [3.63, 3.8) is 0 Å². The first-order valence-corrected chi connectivity index (χ1v) is 26.8. The number of nitrogens with two attached hydrogens (primary N) is 1. The highest BCUT2D eigenvalue weighted by Gasteiger charge is 2.49. The molecule has 3 heterocycles. The van der Waals surface area contributed by atoms with Crippen LogP contribution in [0.5, 0.6) is 5.75 Å². The van der Waals surface area contributed by atoms with Crippen LogP contribution in [-0.4, -0.2) is 151 Å². The molecule has 0 saturated carbocycles. The summed E-state index contributed by atoms with van der Waals surface area (Å²) < 4.78 is 33.8. The molecule has 10 N–H and O–H groups in total. The van der Waals surface area contributed by atoms with Crippen LogP contribution in [0, 0.1) is 23.2 Å². The number of carbonyl (C=O) groups is 7. The standard InChI is InChI=1S/C55H79ClN6O16/c1-28(2)23-39-52(71)75-37(14-12-15-40(63)61-36(25-32-18-21-38(73-8)34(56)24-32)49(68)60-27-55(6,7)54(72)76-39)30(5)45-46(77-45)33-19-16-31(17-20-33)26-59-48(67)35(62-50(69)41(57)29(3)4)13-10-11-22-58-51(70)47-43(65)42(64)44(66)53(74-9)78-47/h12,15-21,24,28-30,35-37,39,41-47,53,64-66H,10-11,13-14,22-23,25-27,57H2,1-9H3,(H,58,70)(H,59,67)(H,60,68)(H,61,63)(H,62,69)/b15-12+/t30-,35-,36+,37?,39-,41-,42-,43-,44+,45+,46+,47-,53+/m0/s1. The Kier molecular flexibility index (Phi) is 23.4. The Hall–Kier alpha value is -5.72. The van der Waals surface area contributed by atoms with E-state index in [1.54, 1.807) is 52.0 Å². The predicted molar refractivity (Wildman–Crippen MR) is 284 cm³/mol. The smallest absolute Gasteiger partial charge is 0.347 e. The van der Waals surface area contributed by atoms with Crippen molar-refractivity contribution in [1.82, 2.24) is 26.6 Å². The van der Waals surface area contributed by atoms with Crippen molar-refractivity contribution in [2.24, 2.45) is 28.9 Å². The van der Waals surface area contributed by atoms with E-state index in [0.29, 0.717) is 29.2 Å². The molecule has 5 amide bonds. The van der Waals surface area contributed by atoms with Gasteiger partial charge >= 0.3 is 11.9 Å². The summed E-state index contributed by atoms with van der Waals surface area (Å²) in [7, 11) is 2.70. The molecule has 13 atom stereocenters. The van der Waals surface area contributed by atoms with E-state index in [4.69, 9.17) is 45.8 Å². The lowest BCUT2D eigenvalue weighted by molar-refractivity contribution is -0.283. The van der Waals surface area contributed by atoms with Crippen molar-refractivity contribution in [1.29, 1.82) is 0 Å². The lowest BCUT2D eigenvalue weighted by atomic mass is 9.92. The van der Waals surface area contributed by atoms with Gasteiger partial charge < -0.3 is 76.1 Å². The number of benzene rings is 2. The number of ether oxygens (including phenoxy) is 6. The molecular weight excluding hydrogens is 1040 g/mol. The summed E-state index contributed by atoms with van der Waals surface area (Å²) in [5, 5.41) is 44.6. The zero-order chi connectivity index (χ0) is 57.6. The molecule has 78 heavy (non-hydrogen) atoms. The third-order valence-electron chi connectivity index (χ3n) is 14.0. The van der Waals surface area contributed by atoms with E-state index in [1.165, 1.54) is 20.3 Å². The lowest BCUT2D eigenvalue weighted by Gasteiger charge is -2.38. The van der Waals surface area contributed by atoms with Gasteiger partial charge in [0.1, 0.15) is 48.4 Å². The first kappa shape index (κ1) is 63.1. The molecule has 0 spiro atoms. The number of nitrogens with one attached hydrogen (secondary N) is 5. The molecule has 0 aromatic heterocycles. The van der Waals surface area contributed by atoms with E-state index in [-0.39, 0.29) is 57.2 Å². The van der Waals surface area contributed by atoms with Gasteiger partial charge in [-0.1, -0.05) is 82.6 Å². The first-order valence-electron chi connectivity index (χ1n) is 26.4. The summed E-state index contributed by atoms with van der Waals surface area (Å²) in [5.41, 5.74) is 7.01. The predicted octanol–water partition coefficient (Wildman–Crippen LogP) is 1.95. The number of epoxide rings is 1. The largest absolute Gasteiger partial charge is 0.495 e. The van der Waals surface area contributed by atoms with Gasteiger partial charge in [0.25, 0.3) is 5.91 Å². The zero-order valence-electron chi connectivity index (χ0n) is 45.8. The minimum Gasteiger partial charge on any atom is -0.495 e. The number of hydrogen-bond donors (Lipinski definition) is 9. The summed E-state index contributed by atoms with van der Waals surface area (Å²) in [6, 6.07) is 9.47. The van der Waals surface area contributed by atoms with Crippen LogP contribution in [0.25, 0.3) is 0 Å². The number of hydrogen-bond acceptors (Lipinski definition) is 17. The maximum absolute atomic E-state index is 14.0. The quantitative estimate of drug-likeness (QED) is 0.0490. The second kappa shape index (κ2) is 28.9. The number of unbranched alkanes of at least 4 members (excludes halogenated alkanes) is 1. The van der Waals surface area contributed by atoms with E-state index >= 15 is 0 Å². The molecule has 0 bridgehead atoms. The molecule has 3 aliphatic rings. The maximum Gasteiger partial charge on any atom is 0.347 e. The van der Waals surface area contributed by atoms with Crippen LogP contribution in [0.4, 0.5) is 0 Å². The number of aliphatic hydroxyl groups is 3. The van der Waals surface area contributed by atoms with E-state index < -0.39 is 126 Å². The fourth-order valence-corrected chi connectivity index (χ4v) is 9.12. The minimum atomic E-state index is -1.70. The van der Waals surface area contributed by atoms with E-state index in [0.717, 1.165) is 11.1 Å². The molecule has 23 heteroatoms. The van der Waals surface area contributed by atoms with Gasteiger partial charge in [-0.15, -0.1) is 0 Å². The number of rotatable bonds is 21. The number of methoxy groups -OCH3 is 2. The molecule has 2 fully saturated rings. The van der Waals surface area contributed by atoms with Gasteiger partial charge in [0, 0.05) is 45.5 Å². The Balaban J connectivity index is 1.23. The van der Waals surface area contributed by atoms with Gasteiger partial charge in [0.2, 0.25) is 23.6 Å². The lowest BCUT2D eigenvalue weighted by Crippen LogP contribution is -2.61. The zero-order valence-corrected chi connectivity index (χ0v) is 46.6. The highest BCUT2D eigenvalue weighted by molar-refractivity contribution is 6.32. The van der Waals surface area contributed by atoms with Crippen LogP contribution in [-0.2, 0) is 70.2 Å². The third kappa shape index (κ3) is 17.6. The molecule has 2 aromatic rings. The van der Waals surface area contributed by atoms with E-state index in [1.807, 2.05) is 45.0 Å². The Bertz CT molecular complexity index is 2420. The fraction of sp³-hybridized carbons (Fsp3) is 0.618. The molecule has 3 aliphatic heterocycles. The minimum absolute atomic E-state index is 0.0645. The number of esters is 2. The maximum atomic E-state index is 14.0. The van der Waals surface area contributed by atoms with Gasteiger partial charge in [-0.3, -0.25) is 28.8 Å². The first-order chi connectivity index (χ1) is 36.8. The Morgan fingerprint density at radius 2 is 1.58 bits per heavy atom. The summed E-state index contributed by atoms with van der Waals surface area (Å²) in [4.78, 5) is 94.3. The SMILES string of the molecule is COc1ccc(C[C@H]2NC(=O)/C=C/CC([C@H](C)[C@H]3O[C@@H]3c3ccc(CNC(=O)[C@H](CCCCNC(=O)[C@H]4O[C@@H](OC)[C@H](O)[C@@H](O)[C@@H]4O)NC(=O)[C@@H](N)C(C)C)cc3)OC(=O)[C@H](CC(C)C)OC(=O)C(C)(C)CNC2=O)cc1Cl. The van der Waals surface area contributed by atoms with Gasteiger partial charge in [0.05, 0.1) is 29.7 Å². The summed E-state index contributed by atoms with van der Waals surface area (Å²) in [5.74, 6) is -4.58. The molecule has 2 saturated heterocycles. The topological polar surface area (TPSA) is 325 Å². The van der Waals surface area contributed by atoms with Crippen LogP contribution < -0.4 is 37.1 Å². The number of halogens is 1. The fourth-order valence-electron chi connectivity index (χ4n) is 8.84. The van der Waals surface area contributed by atoms with Crippen molar-refractivity contribution in [3.8, 4) is 5.75 Å². The van der Waals surface area contributed by atoms with Gasteiger partial charge in [0.15, 0.2) is 18.5 Å². The molecule has 22 nitrogen and oxygen atoms in total. The third-order valence-corrected chi connectivity index (χ3v) is 14.3. The molecule has 0 radical (unpaired) electrons. The van der Waals surface area contributed by atoms with Crippen molar-refractivity contribution in [2.45, 2.75) is 167 Å². The Morgan fingerprint density at radius 1 is 0.885 bits per heavy atom. The van der Waals surface area contributed by atoms with Gasteiger partial charge in [-0.25, -0.2) is 4.79 Å². The van der Waals surface area contributed by atoms with Crippen molar-refractivity contribution in [3.05, 3.63) is 76.3 Å². The highest BCUT2D eigenvalue weighted by atomic mass is 35.5. The van der Waals surface area contributed by atoms with E-state index in [2.05, 4.69) is 26.6 Å². The number of carbonyl (C=O) groups excluding carboxylic acids is 7. The second-order valence-corrected chi connectivity index (χ2v) is 22.0. The van der Waals surface area contributed by atoms with Crippen LogP contribution in [0.1, 0.15) is 103 Å². The van der Waals surface area contributed by atoms with Crippen molar-refractivity contribution >= 4 is 53.1 Å². The van der Waals surface area contributed by atoms with Crippen LogP contribution in [0.15, 0.2) is 54.6 Å². The van der Waals surface area contributed by atoms with E-state index in [9.17, 15) is 48.9 Å².